The Bertz CT molecular complexity index is 842. The summed E-state index contributed by atoms with van der Waals surface area (Å²) in [6.45, 7) is 2.00. The maximum atomic E-state index is 12.9. The minimum atomic E-state index is -0.227. The zero-order valence-corrected chi connectivity index (χ0v) is 16.0. The quantitative estimate of drug-likeness (QED) is 0.796. The highest BCUT2D eigenvalue weighted by atomic mass is 35.5. The van der Waals surface area contributed by atoms with Crippen molar-refractivity contribution in [3.8, 4) is 0 Å². The Morgan fingerprint density at radius 2 is 2.04 bits per heavy atom. The number of carbonyl (C=O) groups excluding carboxylic acids is 1. The first-order chi connectivity index (χ1) is 13.0. The second-order valence-electron chi connectivity index (χ2n) is 7.49. The van der Waals surface area contributed by atoms with Crippen LogP contribution in [0.1, 0.15) is 22.6 Å². The smallest absolute Gasteiger partial charge is 0.315 e. The van der Waals surface area contributed by atoms with E-state index >= 15 is 0 Å². The van der Waals surface area contributed by atoms with E-state index in [9.17, 15) is 9.18 Å². The molecule has 0 aromatic heterocycles. The average molecular weight is 388 g/mol. The SMILES string of the molecule is CN(CCNC(=O)NC1C2Cc3c(Cl)cccc3C21)Cc1ccc(F)cc1. The third kappa shape index (κ3) is 3.94. The molecule has 2 aliphatic carbocycles. The van der Waals surface area contributed by atoms with Crippen molar-refractivity contribution in [2.45, 2.75) is 24.9 Å². The van der Waals surface area contributed by atoms with Gasteiger partial charge in [0.1, 0.15) is 5.82 Å². The molecule has 0 spiro atoms. The lowest BCUT2D eigenvalue weighted by molar-refractivity contribution is 0.237. The van der Waals surface area contributed by atoms with Gasteiger partial charge in [-0.3, -0.25) is 0 Å². The minimum Gasteiger partial charge on any atom is -0.337 e. The number of hydrogen-bond donors (Lipinski definition) is 2. The summed E-state index contributed by atoms with van der Waals surface area (Å²) in [6, 6.07) is 12.6. The van der Waals surface area contributed by atoms with Crippen LogP contribution in [0, 0.1) is 11.7 Å². The molecule has 1 fully saturated rings. The standard InChI is InChI=1S/C21H23ClFN3O/c1-26(12-13-5-7-14(23)8-6-13)10-9-24-21(27)25-20-17-11-16-15(19(17)20)3-2-4-18(16)22/h2-8,17,19-20H,9-12H2,1H3,(H2,24,25,27). The molecule has 2 amide bonds. The lowest BCUT2D eigenvalue weighted by Gasteiger charge is -2.17. The highest BCUT2D eigenvalue weighted by Crippen LogP contribution is 2.57. The predicted molar refractivity (Wildman–Crippen MR) is 104 cm³/mol. The van der Waals surface area contributed by atoms with Gasteiger partial charge in [0.2, 0.25) is 0 Å². The van der Waals surface area contributed by atoms with Crippen LogP contribution < -0.4 is 10.6 Å². The van der Waals surface area contributed by atoms with Crippen LogP contribution >= 0.6 is 11.6 Å². The number of fused-ring (bicyclic) bond motifs is 3. The van der Waals surface area contributed by atoms with Crippen molar-refractivity contribution in [3.63, 3.8) is 0 Å². The molecule has 0 aliphatic heterocycles. The molecule has 0 bridgehead atoms. The number of rotatable bonds is 6. The lowest BCUT2D eigenvalue weighted by Crippen LogP contribution is -2.41. The van der Waals surface area contributed by atoms with E-state index < -0.39 is 0 Å². The first-order valence-corrected chi connectivity index (χ1v) is 9.65. The van der Waals surface area contributed by atoms with E-state index in [1.807, 2.05) is 19.2 Å². The highest BCUT2D eigenvalue weighted by Gasteiger charge is 2.56. The topological polar surface area (TPSA) is 44.4 Å². The van der Waals surface area contributed by atoms with Crippen LogP contribution in [0.15, 0.2) is 42.5 Å². The number of carbonyl (C=O) groups is 1. The van der Waals surface area contributed by atoms with Crippen LogP contribution in [0.5, 0.6) is 0 Å². The van der Waals surface area contributed by atoms with E-state index in [1.165, 1.54) is 23.3 Å². The number of urea groups is 1. The van der Waals surface area contributed by atoms with Crippen molar-refractivity contribution < 1.29 is 9.18 Å². The number of amides is 2. The molecule has 3 atom stereocenters. The molecule has 0 radical (unpaired) electrons. The van der Waals surface area contributed by atoms with Crippen molar-refractivity contribution in [1.29, 1.82) is 0 Å². The minimum absolute atomic E-state index is 0.117. The van der Waals surface area contributed by atoms with Crippen molar-refractivity contribution in [2.75, 3.05) is 20.1 Å². The third-order valence-electron chi connectivity index (χ3n) is 5.57. The summed E-state index contributed by atoms with van der Waals surface area (Å²) in [5, 5.41) is 6.86. The Balaban J connectivity index is 1.19. The molecule has 1 saturated carbocycles. The van der Waals surface area contributed by atoms with E-state index in [1.54, 1.807) is 12.1 Å². The zero-order chi connectivity index (χ0) is 19.0. The number of benzene rings is 2. The molecular weight excluding hydrogens is 365 g/mol. The highest BCUT2D eigenvalue weighted by molar-refractivity contribution is 6.31. The van der Waals surface area contributed by atoms with Gasteiger partial charge in [0, 0.05) is 36.6 Å². The van der Waals surface area contributed by atoms with E-state index in [0.717, 1.165) is 23.6 Å². The van der Waals surface area contributed by atoms with E-state index in [0.29, 0.717) is 24.9 Å². The molecule has 2 aromatic carbocycles. The van der Waals surface area contributed by atoms with Crippen LogP contribution in [0.3, 0.4) is 0 Å². The molecule has 3 unspecified atom stereocenters. The van der Waals surface area contributed by atoms with Gasteiger partial charge in [0.05, 0.1) is 0 Å². The van der Waals surface area contributed by atoms with Gasteiger partial charge < -0.3 is 15.5 Å². The normalized spacial score (nSPS) is 22.3. The van der Waals surface area contributed by atoms with Gasteiger partial charge in [0.15, 0.2) is 0 Å². The number of nitrogens with one attached hydrogen (secondary N) is 2. The Kier molecular flexibility index (Phi) is 5.06. The van der Waals surface area contributed by atoms with Gasteiger partial charge in [-0.15, -0.1) is 0 Å². The molecule has 2 aliphatic rings. The molecule has 4 nitrogen and oxygen atoms in total. The number of hydrogen-bond acceptors (Lipinski definition) is 2. The van der Waals surface area contributed by atoms with Gasteiger partial charge >= 0.3 is 6.03 Å². The Morgan fingerprint density at radius 3 is 2.81 bits per heavy atom. The number of halogens is 2. The molecule has 2 aromatic rings. The predicted octanol–water partition coefficient (Wildman–Crippen LogP) is 3.55. The first-order valence-electron chi connectivity index (χ1n) is 9.27. The zero-order valence-electron chi connectivity index (χ0n) is 15.2. The van der Waals surface area contributed by atoms with Gasteiger partial charge in [0.25, 0.3) is 0 Å². The molecule has 0 heterocycles. The van der Waals surface area contributed by atoms with Crippen molar-refractivity contribution in [1.82, 2.24) is 15.5 Å². The third-order valence-corrected chi connectivity index (χ3v) is 5.92. The molecule has 6 heteroatoms. The van der Waals surface area contributed by atoms with E-state index in [4.69, 9.17) is 11.6 Å². The van der Waals surface area contributed by atoms with Crippen LogP contribution in [-0.4, -0.2) is 37.1 Å². The summed E-state index contributed by atoms with van der Waals surface area (Å²) < 4.78 is 12.9. The second-order valence-corrected chi connectivity index (χ2v) is 7.90. The van der Waals surface area contributed by atoms with Gasteiger partial charge in [-0.25, -0.2) is 9.18 Å². The van der Waals surface area contributed by atoms with E-state index in [-0.39, 0.29) is 17.9 Å². The monoisotopic (exact) mass is 387 g/mol. The fourth-order valence-corrected chi connectivity index (χ4v) is 4.39. The molecule has 0 saturated heterocycles. The second kappa shape index (κ2) is 7.49. The fourth-order valence-electron chi connectivity index (χ4n) is 4.13. The van der Waals surface area contributed by atoms with Crippen LogP contribution in [-0.2, 0) is 13.0 Å². The van der Waals surface area contributed by atoms with Crippen molar-refractivity contribution >= 4 is 17.6 Å². The molecule has 142 valence electrons. The van der Waals surface area contributed by atoms with Crippen LogP contribution in [0.2, 0.25) is 5.02 Å². The maximum Gasteiger partial charge on any atom is 0.315 e. The summed E-state index contributed by atoms with van der Waals surface area (Å²) in [5.41, 5.74) is 3.58. The molecular formula is C21H23ClFN3O. The van der Waals surface area contributed by atoms with Gasteiger partial charge in [-0.2, -0.15) is 0 Å². The maximum absolute atomic E-state index is 12.9. The molecule has 2 N–H and O–H groups in total. The van der Waals surface area contributed by atoms with Gasteiger partial charge in [-0.1, -0.05) is 35.9 Å². The first kappa shape index (κ1) is 18.3. The summed E-state index contributed by atoms with van der Waals surface area (Å²) in [6.07, 6.45) is 0.949. The summed E-state index contributed by atoms with van der Waals surface area (Å²) in [7, 11) is 1.98. The van der Waals surface area contributed by atoms with E-state index in [2.05, 4.69) is 21.6 Å². The summed E-state index contributed by atoms with van der Waals surface area (Å²) in [5.74, 6) is 0.659. The fraction of sp³-hybridized carbons (Fsp3) is 0.381. The molecule has 27 heavy (non-hydrogen) atoms. The largest absolute Gasteiger partial charge is 0.337 e. The number of likely N-dealkylation sites (N-methyl/N-ethyl adjacent to an activating group) is 1. The summed E-state index contributed by atoms with van der Waals surface area (Å²) >= 11 is 6.25. The molecule has 4 rings (SSSR count). The average Bonchev–Trinajstić information content (AvgIpc) is 3.13. The van der Waals surface area contributed by atoms with Crippen LogP contribution in [0.4, 0.5) is 9.18 Å². The van der Waals surface area contributed by atoms with Crippen LogP contribution in [0.25, 0.3) is 0 Å². The van der Waals surface area contributed by atoms with Gasteiger partial charge in [-0.05, 0) is 54.3 Å². The van der Waals surface area contributed by atoms with Crippen molar-refractivity contribution in [3.05, 3.63) is 70.0 Å². The Hall–Kier alpha value is -2.11. The van der Waals surface area contributed by atoms with Crippen molar-refractivity contribution in [2.24, 2.45) is 5.92 Å². The summed E-state index contributed by atoms with van der Waals surface area (Å²) in [4.78, 5) is 14.3. The number of nitrogens with zero attached hydrogens (tertiary/aromatic N) is 1. The Labute approximate surface area is 163 Å². The Morgan fingerprint density at radius 1 is 1.26 bits per heavy atom. The lowest BCUT2D eigenvalue weighted by atomic mass is 10.1.